The van der Waals surface area contributed by atoms with Crippen LogP contribution in [-0.4, -0.2) is 85.1 Å². The van der Waals surface area contributed by atoms with Crippen molar-refractivity contribution in [2.45, 2.75) is 50.3 Å². The number of nitrogens with two attached hydrogens (primary N) is 1. The molecule has 0 spiro atoms. The second-order valence-corrected chi connectivity index (χ2v) is 13.2. The van der Waals surface area contributed by atoms with E-state index in [2.05, 4.69) is 19.9 Å². The number of carbonyl (C=O) groups is 1. The summed E-state index contributed by atoms with van der Waals surface area (Å²) in [5.74, 6) is -3.95. The number of carbonyl (C=O) groups excluding carboxylic acids is 1. The highest BCUT2D eigenvalue weighted by molar-refractivity contribution is 6.32. The molecule has 0 bridgehead atoms. The minimum atomic E-state index is -3.75. The first-order chi connectivity index (χ1) is 23.9. The first-order valence-electron chi connectivity index (χ1n) is 16.2. The van der Waals surface area contributed by atoms with Crippen LogP contribution in [0, 0.1) is 12.8 Å². The van der Waals surface area contributed by atoms with Crippen molar-refractivity contribution in [1.82, 2.24) is 29.3 Å². The maximum atomic E-state index is 15.9. The average molecular weight is 710 g/mol. The number of anilines is 1. The normalized spacial score (nSPS) is 22.2. The van der Waals surface area contributed by atoms with Gasteiger partial charge in [-0.2, -0.15) is 0 Å². The van der Waals surface area contributed by atoms with E-state index in [0.29, 0.717) is 42.7 Å². The van der Waals surface area contributed by atoms with E-state index in [4.69, 9.17) is 26.8 Å². The van der Waals surface area contributed by atoms with Gasteiger partial charge in [-0.15, -0.1) is 0 Å². The molecule has 2 aromatic heterocycles. The van der Waals surface area contributed by atoms with Crippen LogP contribution < -0.4 is 20.8 Å². The molecule has 12 nitrogen and oxygen atoms in total. The lowest BCUT2D eigenvalue weighted by atomic mass is 9.78. The number of aryl methyl sites for hydroxylation is 1. The fraction of sp³-hybridized carbons (Fsp3) is 0.400. The zero-order chi connectivity index (χ0) is 35.6. The van der Waals surface area contributed by atoms with Crippen molar-refractivity contribution >= 4 is 23.2 Å². The molecule has 0 saturated carbocycles. The lowest BCUT2D eigenvalue weighted by Crippen LogP contribution is -2.64. The zero-order valence-electron chi connectivity index (χ0n) is 27.6. The highest BCUT2D eigenvalue weighted by Gasteiger charge is 2.57. The Kier molecular flexibility index (Phi) is 10.1. The molecule has 50 heavy (non-hydrogen) atoms. The number of likely N-dealkylation sites (tertiary alicyclic amines) is 2. The van der Waals surface area contributed by atoms with Crippen LogP contribution >= 0.6 is 11.6 Å². The molecular formula is C35H38ClF2N7O5. The minimum absolute atomic E-state index is 0.121. The van der Waals surface area contributed by atoms with Gasteiger partial charge in [0, 0.05) is 50.2 Å². The zero-order valence-corrected chi connectivity index (χ0v) is 28.4. The van der Waals surface area contributed by atoms with Crippen LogP contribution in [-0.2, 0) is 17.9 Å². The Morgan fingerprint density at radius 2 is 1.92 bits per heavy atom. The number of hydrogen-bond acceptors (Lipinski definition) is 10. The van der Waals surface area contributed by atoms with Gasteiger partial charge in [-0.05, 0) is 43.7 Å². The molecule has 3 atom stereocenters. The molecule has 2 aromatic carbocycles. The van der Waals surface area contributed by atoms with Crippen molar-refractivity contribution in [1.29, 1.82) is 0 Å². The summed E-state index contributed by atoms with van der Waals surface area (Å²) in [6.45, 7) is 1.62. The van der Waals surface area contributed by atoms with Gasteiger partial charge in [-0.1, -0.05) is 41.9 Å². The number of aromatic nitrogens is 4. The minimum Gasteiger partial charge on any atom is -0.495 e. The quantitative estimate of drug-likeness (QED) is 0.258. The predicted octanol–water partition coefficient (Wildman–Crippen LogP) is 4.28. The van der Waals surface area contributed by atoms with Crippen molar-refractivity contribution in [2.24, 2.45) is 5.92 Å². The number of nitrogen functional groups attached to an aromatic ring is 1. The molecular weight excluding hydrogens is 672 g/mol. The molecule has 15 heteroatoms. The molecule has 0 aliphatic carbocycles. The summed E-state index contributed by atoms with van der Waals surface area (Å²) >= 11 is 6.05. The highest BCUT2D eigenvalue weighted by Crippen LogP contribution is 2.41. The standard InChI is InChI=1S/C35H38ClF2N7O5/c1-22-40-13-10-24(42-22)17-43-14-11-26(27(18-43)23-6-4-3-5-7-23)32(46)44-15-12-34(48,35(37,38)20-44)19-45-21-41-31(30(39)33(45)47)50-25-8-9-28(36)29(16-25)49-2/h3-10,13,16,21,26-27,48H,11-12,14-15,17-20,39H2,1-2H3/t26-,27+,34+/m1/s1. The monoisotopic (exact) mass is 709 g/mol. The third-order valence-corrected chi connectivity index (χ3v) is 9.76. The van der Waals surface area contributed by atoms with Gasteiger partial charge in [0.2, 0.25) is 11.8 Å². The molecule has 6 rings (SSSR count). The molecule has 2 aliphatic heterocycles. The topological polar surface area (TPSA) is 149 Å². The molecule has 3 N–H and O–H groups in total. The molecule has 0 unspecified atom stereocenters. The lowest BCUT2D eigenvalue weighted by Gasteiger charge is -2.46. The van der Waals surface area contributed by atoms with Crippen LogP contribution in [0.15, 0.2) is 71.9 Å². The van der Waals surface area contributed by atoms with Crippen molar-refractivity contribution in [2.75, 3.05) is 39.0 Å². The van der Waals surface area contributed by atoms with E-state index >= 15 is 8.78 Å². The van der Waals surface area contributed by atoms with Gasteiger partial charge in [0.1, 0.15) is 29.3 Å². The molecule has 4 aromatic rings. The third kappa shape index (κ3) is 7.28. The average Bonchev–Trinajstić information content (AvgIpc) is 3.10. The largest absolute Gasteiger partial charge is 0.495 e. The fourth-order valence-electron chi connectivity index (χ4n) is 6.69. The van der Waals surface area contributed by atoms with Gasteiger partial charge in [0.25, 0.3) is 11.5 Å². The summed E-state index contributed by atoms with van der Waals surface area (Å²) in [5, 5.41) is 11.6. The van der Waals surface area contributed by atoms with Crippen LogP contribution in [0.5, 0.6) is 17.4 Å². The van der Waals surface area contributed by atoms with E-state index < -0.39 is 48.2 Å². The fourth-order valence-corrected chi connectivity index (χ4v) is 6.88. The van der Waals surface area contributed by atoms with Crippen LogP contribution in [0.1, 0.15) is 35.8 Å². The summed E-state index contributed by atoms with van der Waals surface area (Å²) < 4.78 is 43.4. The van der Waals surface area contributed by atoms with E-state index in [1.54, 1.807) is 6.20 Å². The molecule has 0 radical (unpaired) electrons. The number of ether oxygens (including phenoxy) is 2. The van der Waals surface area contributed by atoms with Gasteiger partial charge < -0.3 is 25.2 Å². The number of amides is 1. The molecule has 2 fully saturated rings. The molecule has 2 aliphatic rings. The Morgan fingerprint density at radius 1 is 1.14 bits per heavy atom. The number of nitrogens with zero attached hydrogens (tertiary/aromatic N) is 6. The SMILES string of the molecule is COc1cc(Oc2ncn(C[C@@]3(O)CCN(C(=O)[C@@H]4CCN(Cc5ccnc(C)n5)C[C@H]4c4ccccc4)CC3(F)F)c(=O)c2N)ccc1Cl. The van der Waals surface area contributed by atoms with Gasteiger partial charge in [-0.3, -0.25) is 19.1 Å². The van der Waals surface area contributed by atoms with E-state index in [-0.39, 0.29) is 30.0 Å². The first-order valence-corrected chi connectivity index (χ1v) is 16.6. The van der Waals surface area contributed by atoms with Crippen LogP contribution in [0.3, 0.4) is 0 Å². The second kappa shape index (κ2) is 14.3. The number of aliphatic hydroxyl groups is 1. The number of alkyl halides is 2. The summed E-state index contributed by atoms with van der Waals surface area (Å²) in [5.41, 5.74) is 3.86. The van der Waals surface area contributed by atoms with E-state index in [1.165, 1.54) is 25.3 Å². The first kappa shape index (κ1) is 35.2. The lowest BCUT2D eigenvalue weighted by molar-refractivity contribution is -0.223. The van der Waals surface area contributed by atoms with Crippen LogP contribution in [0.25, 0.3) is 0 Å². The third-order valence-electron chi connectivity index (χ3n) is 9.44. The maximum absolute atomic E-state index is 15.9. The van der Waals surface area contributed by atoms with E-state index in [1.807, 2.05) is 43.3 Å². The Labute approximate surface area is 292 Å². The van der Waals surface area contributed by atoms with Crippen molar-refractivity contribution in [3.8, 4) is 17.4 Å². The molecule has 2 saturated heterocycles. The number of hydrogen-bond donors (Lipinski definition) is 2. The second-order valence-electron chi connectivity index (χ2n) is 12.8. The summed E-state index contributed by atoms with van der Waals surface area (Å²) in [4.78, 5) is 43.2. The number of methoxy groups -OCH3 is 1. The van der Waals surface area contributed by atoms with Crippen molar-refractivity contribution in [3.05, 3.63) is 99.6 Å². The van der Waals surface area contributed by atoms with E-state index in [9.17, 15) is 14.7 Å². The smallest absolute Gasteiger partial charge is 0.295 e. The molecule has 264 valence electrons. The predicted molar refractivity (Wildman–Crippen MR) is 181 cm³/mol. The Balaban J connectivity index is 1.15. The number of piperidine rings is 2. The molecule has 1 amide bonds. The Morgan fingerprint density at radius 3 is 2.64 bits per heavy atom. The van der Waals surface area contributed by atoms with Crippen molar-refractivity contribution in [3.63, 3.8) is 0 Å². The number of rotatable bonds is 9. The summed E-state index contributed by atoms with van der Waals surface area (Å²) in [6.07, 6.45) is 2.70. The summed E-state index contributed by atoms with van der Waals surface area (Å²) in [7, 11) is 1.43. The van der Waals surface area contributed by atoms with Gasteiger partial charge in [0.15, 0.2) is 5.69 Å². The highest BCUT2D eigenvalue weighted by atomic mass is 35.5. The maximum Gasteiger partial charge on any atom is 0.295 e. The van der Waals surface area contributed by atoms with Crippen LogP contribution in [0.4, 0.5) is 14.5 Å². The van der Waals surface area contributed by atoms with Gasteiger partial charge >= 0.3 is 0 Å². The van der Waals surface area contributed by atoms with Crippen molar-refractivity contribution < 1.29 is 28.2 Å². The van der Waals surface area contributed by atoms with Crippen LogP contribution in [0.2, 0.25) is 5.02 Å². The number of halogens is 3. The van der Waals surface area contributed by atoms with Gasteiger partial charge in [0.05, 0.1) is 30.9 Å². The summed E-state index contributed by atoms with van der Waals surface area (Å²) in [6, 6.07) is 16.0. The Hall–Kier alpha value is -4.66. The van der Waals surface area contributed by atoms with E-state index in [0.717, 1.165) is 27.1 Å². The Bertz CT molecular complexity index is 1920. The molecule has 4 heterocycles. The van der Waals surface area contributed by atoms with Gasteiger partial charge in [-0.25, -0.2) is 23.7 Å². The number of benzene rings is 2.